The number of ether oxygens (including phenoxy) is 3. The number of hydrogen-bond acceptors (Lipinski definition) is 7. The summed E-state index contributed by atoms with van der Waals surface area (Å²) in [5.41, 5.74) is 15.5. The number of carbonyl (C=O) groups excluding carboxylic acids is 2. The van der Waals surface area contributed by atoms with Gasteiger partial charge in [-0.3, -0.25) is 9.59 Å². The Morgan fingerprint density at radius 2 is 1.49 bits per heavy atom. The van der Waals surface area contributed by atoms with Crippen LogP contribution in [0.2, 0.25) is 0 Å². The third-order valence-electron chi connectivity index (χ3n) is 10.2. The minimum atomic E-state index is -0.265. The fraction of sp³-hybridized carbons (Fsp3) is 0.429. The monoisotopic (exact) mass is 692 g/mol. The zero-order valence-electron chi connectivity index (χ0n) is 31.3. The molecule has 0 saturated heterocycles. The SMILES string of the molecule is C=CC1=C(C)c2cc3[nH]c(cc4nc(cc5[nH]c(cc1n2)c(C)c5CCC(=O)OC)C(CCCOC=O)=C4C)c(C)c3C(C)OCCCCCC. The van der Waals surface area contributed by atoms with Gasteiger partial charge in [0.05, 0.1) is 42.6 Å². The molecule has 3 aromatic heterocycles. The van der Waals surface area contributed by atoms with Crippen molar-refractivity contribution in [2.24, 2.45) is 0 Å². The van der Waals surface area contributed by atoms with E-state index in [4.69, 9.17) is 24.2 Å². The summed E-state index contributed by atoms with van der Waals surface area (Å²) in [6.07, 6.45) is 8.42. The van der Waals surface area contributed by atoms with E-state index in [0.717, 1.165) is 102 Å². The number of fused-ring (bicyclic) bond motifs is 8. The molecule has 0 radical (unpaired) electrons. The van der Waals surface area contributed by atoms with Gasteiger partial charge in [-0.1, -0.05) is 38.8 Å². The second-order valence-electron chi connectivity index (χ2n) is 13.5. The molecule has 51 heavy (non-hydrogen) atoms. The number of rotatable bonds is 16. The van der Waals surface area contributed by atoms with Gasteiger partial charge in [-0.15, -0.1) is 0 Å². The van der Waals surface area contributed by atoms with Crippen LogP contribution in [0.1, 0.15) is 124 Å². The Hall–Kier alpha value is -4.76. The summed E-state index contributed by atoms with van der Waals surface area (Å²) in [6, 6.07) is 8.39. The van der Waals surface area contributed by atoms with Crippen molar-refractivity contribution in [1.82, 2.24) is 19.9 Å². The van der Waals surface area contributed by atoms with E-state index in [1.807, 2.05) is 6.08 Å². The predicted octanol–water partition coefficient (Wildman–Crippen LogP) is 9.70. The number of carbonyl (C=O) groups is 2. The second-order valence-corrected chi connectivity index (χ2v) is 13.5. The number of nitrogens with one attached hydrogen (secondary N) is 2. The van der Waals surface area contributed by atoms with Crippen LogP contribution in [0, 0.1) is 13.8 Å². The van der Waals surface area contributed by atoms with Gasteiger partial charge in [-0.25, -0.2) is 9.97 Å². The first-order valence-electron chi connectivity index (χ1n) is 18.1. The Morgan fingerprint density at radius 1 is 0.824 bits per heavy atom. The number of allylic oxidation sites excluding steroid dienone is 5. The fourth-order valence-corrected chi connectivity index (χ4v) is 7.15. The van der Waals surface area contributed by atoms with Gasteiger partial charge < -0.3 is 24.2 Å². The van der Waals surface area contributed by atoms with Crippen LogP contribution < -0.4 is 0 Å². The number of aryl methyl sites for hydroxylation is 3. The maximum absolute atomic E-state index is 12.3. The highest BCUT2D eigenvalue weighted by atomic mass is 16.5. The summed E-state index contributed by atoms with van der Waals surface area (Å²) >= 11 is 0. The van der Waals surface area contributed by atoms with Gasteiger partial charge in [0.15, 0.2) is 0 Å². The van der Waals surface area contributed by atoms with E-state index in [0.29, 0.717) is 38.9 Å². The van der Waals surface area contributed by atoms with Crippen molar-refractivity contribution < 1.29 is 23.8 Å². The first kappa shape index (κ1) is 37.5. The lowest BCUT2D eigenvalue weighted by Gasteiger charge is -2.14. The van der Waals surface area contributed by atoms with Gasteiger partial charge in [-0.05, 0) is 118 Å². The van der Waals surface area contributed by atoms with E-state index >= 15 is 0 Å². The first-order valence-corrected chi connectivity index (χ1v) is 18.1. The molecule has 3 aromatic rings. The van der Waals surface area contributed by atoms with E-state index in [1.54, 1.807) is 0 Å². The summed E-state index contributed by atoms with van der Waals surface area (Å²) in [5, 5.41) is 0. The Balaban J connectivity index is 1.80. The number of esters is 1. The summed E-state index contributed by atoms with van der Waals surface area (Å²) in [4.78, 5) is 40.9. The van der Waals surface area contributed by atoms with E-state index < -0.39 is 0 Å². The molecule has 0 aromatic carbocycles. The van der Waals surface area contributed by atoms with Crippen molar-refractivity contribution in [1.29, 1.82) is 0 Å². The lowest BCUT2D eigenvalue weighted by molar-refractivity contribution is -0.140. The number of methoxy groups -OCH3 is 1. The molecule has 0 amide bonds. The maximum atomic E-state index is 12.3. The van der Waals surface area contributed by atoms with Crippen LogP contribution in [-0.4, -0.2) is 52.7 Å². The molecule has 270 valence electrons. The largest absolute Gasteiger partial charge is 0.469 e. The smallest absolute Gasteiger partial charge is 0.305 e. The molecular weight excluding hydrogens is 640 g/mol. The number of hydrogen-bond donors (Lipinski definition) is 2. The number of unbranched alkanes of at least 4 members (excludes halogenated alkanes) is 3. The third kappa shape index (κ3) is 8.25. The molecule has 0 spiro atoms. The van der Waals surface area contributed by atoms with Crippen LogP contribution in [0.25, 0.3) is 44.4 Å². The molecule has 0 saturated carbocycles. The van der Waals surface area contributed by atoms with Gasteiger partial charge in [0.25, 0.3) is 6.47 Å². The van der Waals surface area contributed by atoms with Gasteiger partial charge in [0, 0.05) is 46.2 Å². The average Bonchev–Trinajstić information content (AvgIpc) is 3.78. The third-order valence-corrected chi connectivity index (χ3v) is 10.2. The maximum Gasteiger partial charge on any atom is 0.305 e. The molecule has 0 fully saturated rings. The molecule has 2 aliphatic heterocycles. The Kier molecular flexibility index (Phi) is 12.5. The molecule has 9 nitrogen and oxygen atoms in total. The van der Waals surface area contributed by atoms with Crippen molar-refractivity contribution in [2.75, 3.05) is 20.3 Å². The number of aromatic nitrogens is 4. The fourth-order valence-electron chi connectivity index (χ4n) is 7.15. The molecule has 8 bridgehead atoms. The summed E-state index contributed by atoms with van der Waals surface area (Å²) in [7, 11) is 1.41. The lowest BCUT2D eigenvalue weighted by atomic mass is 10.00. The molecule has 2 N–H and O–H groups in total. The van der Waals surface area contributed by atoms with Crippen molar-refractivity contribution in [3.8, 4) is 0 Å². The molecule has 1 unspecified atom stereocenters. The molecule has 5 rings (SSSR count). The van der Waals surface area contributed by atoms with Crippen LogP contribution in [0.15, 0.2) is 36.9 Å². The lowest BCUT2D eigenvalue weighted by Crippen LogP contribution is -2.02. The standard InChI is InChI=1S/C42H52N4O5/c1-9-11-12-13-19-51-29(7)42-28(6)36-20-33-26(4)31(15-14-18-50-24-47)38(44-33)23-39-32(16-17-41(48)49-8)27(5)34(45-39)21-37-30(10-2)25(3)35(43-37)22-40(42)46-36/h10,20-24,29,45-46H,2,9,11-19H2,1,3-8H3. The summed E-state index contributed by atoms with van der Waals surface area (Å²) < 4.78 is 16.5. The molecule has 1 atom stereocenters. The zero-order valence-corrected chi connectivity index (χ0v) is 31.3. The highest BCUT2D eigenvalue weighted by Gasteiger charge is 2.22. The van der Waals surface area contributed by atoms with Crippen LogP contribution in [0.3, 0.4) is 0 Å². The average molecular weight is 693 g/mol. The first-order chi connectivity index (χ1) is 24.6. The van der Waals surface area contributed by atoms with Crippen molar-refractivity contribution in [3.63, 3.8) is 0 Å². The highest BCUT2D eigenvalue weighted by molar-refractivity contribution is 5.97. The molecular formula is C42H52N4O5. The van der Waals surface area contributed by atoms with Crippen molar-refractivity contribution >= 4 is 56.8 Å². The van der Waals surface area contributed by atoms with E-state index in [2.05, 4.69) is 82.4 Å². The zero-order chi connectivity index (χ0) is 36.7. The molecule has 0 aliphatic carbocycles. The minimum absolute atomic E-state index is 0.132. The normalized spacial score (nSPS) is 13.5. The number of H-pyrrole nitrogens is 2. The Labute approximate surface area is 301 Å². The highest BCUT2D eigenvalue weighted by Crippen LogP contribution is 2.37. The minimum Gasteiger partial charge on any atom is -0.469 e. The van der Waals surface area contributed by atoms with Crippen LogP contribution in [0.4, 0.5) is 0 Å². The van der Waals surface area contributed by atoms with E-state index in [-0.39, 0.29) is 18.5 Å². The summed E-state index contributed by atoms with van der Waals surface area (Å²) in [5.74, 6) is -0.265. The van der Waals surface area contributed by atoms with E-state index in [9.17, 15) is 9.59 Å². The number of nitrogens with zero attached hydrogens (tertiary/aromatic N) is 2. The van der Waals surface area contributed by atoms with Crippen LogP contribution >= 0.6 is 0 Å². The van der Waals surface area contributed by atoms with Crippen molar-refractivity contribution in [2.45, 2.75) is 99.0 Å². The summed E-state index contributed by atoms with van der Waals surface area (Å²) in [6.45, 7) is 18.4. The second kappa shape index (κ2) is 17.0. The topological polar surface area (TPSA) is 119 Å². The Morgan fingerprint density at radius 3 is 2.22 bits per heavy atom. The number of aromatic amines is 2. The quantitative estimate of drug-likeness (QED) is 0.0872. The van der Waals surface area contributed by atoms with Gasteiger partial charge in [0.1, 0.15) is 0 Å². The van der Waals surface area contributed by atoms with Gasteiger partial charge in [-0.2, -0.15) is 0 Å². The van der Waals surface area contributed by atoms with E-state index in [1.165, 1.54) is 20.0 Å². The molecule has 2 aliphatic rings. The van der Waals surface area contributed by atoms with Crippen LogP contribution in [0.5, 0.6) is 0 Å². The molecule has 5 heterocycles. The van der Waals surface area contributed by atoms with Gasteiger partial charge >= 0.3 is 5.97 Å². The Bertz CT molecular complexity index is 2030. The van der Waals surface area contributed by atoms with Crippen molar-refractivity contribution in [3.05, 3.63) is 81.9 Å². The van der Waals surface area contributed by atoms with Gasteiger partial charge in [0.2, 0.25) is 0 Å². The predicted molar refractivity (Wildman–Crippen MR) is 206 cm³/mol. The molecule has 9 heteroatoms. The van der Waals surface area contributed by atoms with Crippen LogP contribution in [-0.2, 0) is 30.2 Å².